The smallest absolute Gasteiger partial charge is 0.322 e. The molecule has 1 N–H and O–H groups in total. The second-order valence-corrected chi connectivity index (χ2v) is 9.76. The highest BCUT2D eigenvalue weighted by molar-refractivity contribution is 8.01. The molecule has 10 heteroatoms. The van der Waals surface area contributed by atoms with Crippen molar-refractivity contribution in [1.82, 2.24) is 4.31 Å². The van der Waals surface area contributed by atoms with Crippen LogP contribution in [0.4, 0.5) is 0 Å². The number of thioether (sulfide) groups is 1. The number of halogens is 2. The van der Waals surface area contributed by atoms with Gasteiger partial charge >= 0.3 is 5.97 Å². The van der Waals surface area contributed by atoms with Gasteiger partial charge in [0.25, 0.3) is 0 Å². The Morgan fingerprint density at radius 3 is 2.67 bits per heavy atom. The van der Waals surface area contributed by atoms with Crippen LogP contribution < -0.4 is 0 Å². The van der Waals surface area contributed by atoms with Crippen LogP contribution in [0.2, 0.25) is 8.67 Å². The van der Waals surface area contributed by atoms with Gasteiger partial charge < -0.3 is 5.11 Å². The van der Waals surface area contributed by atoms with E-state index in [4.69, 9.17) is 23.2 Å². The fourth-order valence-electron chi connectivity index (χ4n) is 2.12. The molecule has 1 aromatic rings. The third-order valence-electron chi connectivity index (χ3n) is 3.04. The van der Waals surface area contributed by atoms with Gasteiger partial charge in [0, 0.05) is 5.75 Å². The summed E-state index contributed by atoms with van der Waals surface area (Å²) in [7, 11) is -3.99. The number of thiophene rings is 1. The standard InChI is InChI=1S/C11H13Cl2NO4S3/c1-2-3-9-14(6(5-19-9)11(15)16)21(17,18)7-4-8(12)20-10(7)13/h4,6,9H,2-3,5H2,1H3,(H,15,16). The molecule has 1 saturated heterocycles. The average molecular weight is 390 g/mol. The van der Waals surface area contributed by atoms with Crippen LogP contribution in [-0.4, -0.2) is 41.0 Å². The van der Waals surface area contributed by atoms with Crippen molar-refractivity contribution in [2.24, 2.45) is 0 Å². The lowest BCUT2D eigenvalue weighted by Crippen LogP contribution is -2.45. The zero-order chi connectivity index (χ0) is 15.8. The number of carboxylic acids is 1. The van der Waals surface area contributed by atoms with Crippen LogP contribution >= 0.6 is 46.3 Å². The molecule has 1 aliphatic rings. The molecular formula is C11H13Cl2NO4S3. The Morgan fingerprint density at radius 1 is 1.52 bits per heavy atom. The summed E-state index contributed by atoms with van der Waals surface area (Å²) in [5, 5.41) is 8.89. The van der Waals surface area contributed by atoms with Gasteiger partial charge in [0.1, 0.15) is 15.3 Å². The largest absolute Gasteiger partial charge is 0.480 e. The van der Waals surface area contributed by atoms with E-state index in [2.05, 4.69) is 0 Å². The highest BCUT2D eigenvalue weighted by Gasteiger charge is 2.46. The quantitative estimate of drug-likeness (QED) is 0.835. The minimum absolute atomic E-state index is 0.0521. The lowest BCUT2D eigenvalue weighted by atomic mass is 10.3. The topological polar surface area (TPSA) is 74.7 Å². The molecule has 21 heavy (non-hydrogen) atoms. The van der Waals surface area contributed by atoms with Crippen LogP contribution in [0.3, 0.4) is 0 Å². The fourth-order valence-corrected chi connectivity index (χ4v) is 7.90. The van der Waals surface area contributed by atoms with Crippen molar-refractivity contribution in [3.63, 3.8) is 0 Å². The number of sulfonamides is 1. The van der Waals surface area contributed by atoms with E-state index in [-0.39, 0.29) is 19.3 Å². The third-order valence-corrected chi connectivity index (χ3v) is 8.20. The molecule has 2 atom stereocenters. The van der Waals surface area contributed by atoms with Crippen molar-refractivity contribution < 1.29 is 18.3 Å². The van der Waals surface area contributed by atoms with E-state index in [0.29, 0.717) is 6.42 Å². The minimum atomic E-state index is -3.99. The Labute approximate surface area is 141 Å². The molecule has 0 bridgehead atoms. The molecule has 2 rings (SSSR count). The first-order chi connectivity index (χ1) is 9.78. The monoisotopic (exact) mass is 389 g/mol. The summed E-state index contributed by atoms with van der Waals surface area (Å²) in [6, 6.07) is 0.195. The molecule has 0 aromatic carbocycles. The predicted octanol–water partition coefficient (Wildman–Crippen LogP) is 3.37. The third kappa shape index (κ3) is 3.35. The number of carboxylic acid groups (broad SMARTS) is 1. The normalized spacial score (nSPS) is 23.6. The maximum atomic E-state index is 12.8. The summed E-state index contributed by atoms with van der Waals surface area (Å²) in [4.78, 5) is 11.2. The van der Waals surface area contributed by atoms with Crippen LogP contribution in [-0.2, 0) is 14.8 Å². The van der Waals surface area contributed by atoms with Gasteiger partial charge in [-0.2, -0.15) is 4.31 Å². The number of rotatable bonds is 5. The van der Waals surface area contributed by atoms with E-state index in [0.717, 1.165) is 22.1 Å². The number of carbonyl (C=O) groups is 1. The Hall–Kier alpha value is 0.01000. The number of nitrogens with zero attached hydrogens (tertiary/aromatic N) is 1. The first-order valence-electron chi connectivity index (χ1n) is 6.11. The molecule has 2 unspecified atom stereocenters. The van der Waals surface area contributed by atoms with E-state index in [1.807, 2.05) is 6.92 Å². The first-order valence-corrected chi connectivity index (χ1v) is 10.2. The lowest BCUT2D eigenvalue weighted by molar-refractivity contribution is -0.140. The maximum absolute atomic E-state index is 12.8. The van der Waals surface area contributed by atoms with Crippen molar-refractivity contribution in [2.75, 3.05) is 5.75 Å². The van der Waals surface area contributed by atoms with E-state index >= 15 is 0 Å². The highest BCUT2D eigenvalue weighted by Crippen LogP contribution is 2.41. The van der Waals surface area contributed by atoms with Crippen LogP contribution in [0.15, 0.2) is 11.0 Å². The molecule has 1 fully saturated rings. The van der Waals surface area contributed by atoms with Crippen molar-refractivity contribution in [3.05, 3.63) is 14.7 Å². The Balaban J connectivity index is 2.47. The Bertz CT molecular complexity index is 646. The summed E-state index contributed by atoms with van der Waals surface area (Å²) in [6.07, 6.45) is 1.34. The summed E-state index contributed by atoms with van der Waals surface area (Å²) in [6.45, 7) is 1.92. The SMILES string of the molecule is CCCC1SCC(C(=O)O)N1S(=O)(=O)c1cc(Cl)sc1Cl. The van der Waals surface area contributed by atoms with Gasteiger partial charge in [-0.25, -0.2) is 8.42 Å². The average Bonchev–Trinajstić information content (AvgIpc) is 2.94. The molecule has 2 heterocycles. The maximum Gasteiger partial charge on any atom is 0.322 e. The molecule has 118 valence electrons. The first kappa shape index (κ1) is 17.4. The second-order valence-electron chi connectivity index (χ2n) is 4.45. The number of aliphatic carboxylic acids is 1. The Kier molecular flexibility index (Phi) is 5.49. The van der Waals surface area contributed by atoms with Gasteiger partial charge in [0.15, 0.2) is 0 Å². The molecule has 1 aliphatic heterocycles. The Morgan fingerprint density at radius 2 is 2.19 bits per heavy atom. The van der Waals surface area contributed by atoms with Gasteiger partial charge in [-0.15, -0.1) is 23.1 Å². The van der Waals surface area contributed by atoms with E-state index in [1.165, 1.54) is 17.8 Å². The van der Waals surface area contributed by atoms with Gasteiger partial charge in [0.2, 0.25) is 10.0 Å². The molecule has 0 spiro atoms. The molecule has 1 aromatic heterocycles. The van der Waals surface area contributed by atoms with E-state index in [1.54, 1.807) is 0 Å². The molecule has 0 saturated carbocycles. The van der Waals surface area contributed by atoms with Crippen LogP contribution in [0.25, 0.3) is 0 Å². The highest BCUT2D eigenvalue weighted by atomic mass is 35.5. The van der Waals surface area contributed by atoms with Gasteiger partial charge in [-0.3, -0.25) is 4.79 Å². The summed E-state index contributed by atoms with van der Waals surface area (Å²) in [5.74, 6) is -0.920. The van der Waals surface area contributed by atoms with Crippen LogP contribution in [0, 0.1) is 0 Å². The van der Waals surface area contributed by atoms with E-state index in [9.17, 15) is 18.3 Å². The van der Waals surface area contributed by atoms with Crippen molar-refractivity contribution >= 4 is 62.3 Å². The zero-order valence-corrected chi connectivity index (χ0v) is 14.9. The second kappa shape index (κ2) is 6.64. The molecule has 0 aliphatic carbocycles. The summed E-state index contributed by atoms with van der Waals surface area (Å²) >= 11 is 14.0. The molecule has 0 radical (unpaired) electrons. The van der Waals surface area contributed by atoms with Crippen LogP contribution in [0.1, 0.15) is 19.8 Å². The van der Waals surface area contributed by atoms with Gasteiger partial charge in [-0.1, -0.05) is 36.5 Å². The van der Waals surface area contributed by atoms with Crippen molar-refractivity contribution in [2.45, 2.75) is 36.1 Å². The number of hydrogen-bond acceptors (Lipinski definition) is 5. The van der Waals surface area contributed by atoms with Gasteiger partial charge in [0.05, 0.1) is 9.71 Å². The molecule has 5 nitrogen and oxygen atoms in total. The van der Waals surface area contributed by atoms with Crippen molar-refractivity contribution in [3.8, 4) is 0 Å². The summed E-state index contributed by atoms with van der Waals surface area (Å²) in [5.41, 5.74) is 0. The predicted molar refractivity (Wildman–Crippen MR) is 85.9 cm³/mol. The zero-order valence-electron chi connectivity index (χ0n) is 11.0. The minimum Gasteiger partial charge on any atom is -0.480 e. The van der Waals surface area contributed by atoms with Crippen molar-refractivity contribution in [1.29, 1.82) is 0 Å². The van der Waals surface area contributed by atoms with E-state index < -0.39 is 27.4 Å². The molecule has 0 amide bonds. The fraction of sp³-hybridized carbons (Fsp3) is 0.545. The lowest BCUT2D eigenvalue weighted by Gasteiger charge is -2.25. The molecular weight excluding hydrogens is 377 g/mol. The number of hydrogen-bond donors (Lipinski definition) is 1. The van der Waals surface area contributed by atoms with Crippen LogP contribution in [0.5, 0.6) is 0 Å². The van der Waals surface area contributed by atoms with Gasteiger partial charge in [-0.05, 0) is 12.5 Å². The summed E-state index contributed by atoms with van der Waals surface area (Å²) < 4.78 is 26.9.